The Morgan fingerprint density at radius 1 is 1.04 bits per heavy atom. The Morgan fingerprint density at radius 3 is 2.52 bits per heavy atom. The summed E-state index contributed by atoms with van der Waals surface area (Å²) in [6.07, 6.45) is 12.1. The summed E-state index contributed by atoms with van der Waals surface area (Å²) in [6, 6.07) is 7.62. The molecule has 1 saturated carbocycles. The molecule has 1 aliphatic carbocycles. The Balaban J connectivity index is 1.44. The molecule has 0 unspecified atom stereocenters. The molecule has 10 nitrogen and oxygen atoms in total. The normalized spacial score (nSPS) is 34.3. The molecule has 0 radical (unpaired) electrons. The van der Waals surface area contributed by atoms with Crippen molar-refractivity contribution in [3.8, 4) is 0 Å². The first-order valence-corrected chi connectivity index (χ1v) is 17.1. The largest absolute Gasteiger partial charge is 0.455 e. The molecule has 248 valence electrons. The number of fused-ring (bicyclic) bond motifs is 2. The summed E-state index contributed by atoms with van der Waals surface area (Å²) in [5.41, 5.74) is -0.704. The summed E-state index contributed by atoms with van der Waals surface area (Å²) in [5, 5.41) is 13.6. The summed E-state index contributed by atoms with van der Waals surface area (Å²) >= 11 is 0. The van der Waals surface area contributed by atoms with Crippen LogP contribution in [0.4, 0.5) is 0 Å². The van der Waals surface area contributed by atoms with Gasteiger partial charge in [0.1, 0.15) is 23.7 Å². The fourth-order valence-electron chi connectivity index (χ4n) is 8.26. The van der Waals surface area contributed by atoms with Crippen LogP contribution in [-0.4, -0.2) is 88.1 Å². The number of aliphatic hydroxyl groups excluding tert-OH is 1. The van der Waals surface area contributed by atoms with Crippen molar-refractivity contribution in [2.75, 3.05) is 19.7 Å². The van der Waals surface area contributed by atoms with Crippen LogP contribution in [0, 0.1) is 17.8 Å². The molecule has 46 heavy (non-hydrogen) atoms. The van der Waals surface area contributed by atoms with Crippen molar-refractivity contribution in [1.29, 1.82) is 0 Å². The van der Waals surface area contributed by atoms with E-state index in [9.17, 15) is 24.3 Å². The molecule has 8 atom stereocenters. The Kier molecular flexibility index (Phi) is 9.66. The Labute approximate surface area is 271 Å². The second-order valence-electron chi connectivity index (χ2n) is 13.5. The number of allylic oxidation sites excluding steroid dienone is 1. The van der Waals surface area contributed by atoms with Gasteiger partial charge in [-0.1, -0.05) is 94.2 Å². The number of benzene rings is 1. The molecule has 4 aliphatic heterocycles. The average molecular weight is 634 g/mol. The molecule has 0 bridgehead atoms. The van der Waals surface area contributed by atoms with Gasteiger partial charge in [-0.25, -0.2) is 0 Å². The predicted molar refractivity (Wildman–Crippen MR) is 170 cm³/mol. The SMILES string of the molecule is CC[C@H](C)[C@H](CO)N1C(=O)[C@@H]2[C@H]3C(=O)O[C@H](c4ccccc4)CNC(=O)CC/C=C\[C@H]3O[C@@]23C=CCN(C2CCCCC2)C(=O)[C@@H]13. The highest BCUT2D eigenvalue weighted by Gasteiger charge is 2.73. The van der Waals surface area contributed by atoms with Gasteiger partial charge in [0.15, 0.2) is 0 Å². The zero-order valence-corrected chi connectivity index (χ0v) is 26.9. The molecule has 6 rings (SSSR count). The minimum absolute atomic E-state index is 0.0596. The first-order valence-electron chi connectivity index (χ1n) is 17.1. The standard InChI is InChI=1S/C36H47N3O7/c1-3-23(2)26(22-40)39-32-34(43)38(25-15-8-5-9-16-25)20-12-19-36(32)31(33(39)42)30-27(46-36)17-10-11-18-29(41)37-21-28(45-35(30)44)24-13-6-4-7-14-24/h4,6-7,10,12-14,17,19,23,25-28,30-32,40H,3,5,8-9,11,15-16,18,20-22H2,1-2H3,(H,37,41)/b17-10-/t23-,26-,27+,28-,30-,31-,32+,36-/m0/s1. The monoisotopic (exact) mass is 633 g/mol. The molecule has 2 saturated heterocycles. The number of nitrogens with zero attached hydrogens (tertiary/aromatic N) is 2. The summed E-state index contributed by atoms with van der Waals surface area (Å²) in [4.78, 5) is 60.0. The lowest BCUT2D eigenvalue weighted by atomic mass is 9.77. The van der Waals surface area contributed by atoms with Crippen LogP contribution in [0.2, 0.25) is 0 Å². The summed E-state index contributed by atoms with van der Waals surface area (Å²) < 4.78 is 13.0. The lowest BCUT2D eigenvalue weighted by Gasteiger charge is -2.42. The van der Waals surface area contributed by atoms with Crippen molar-refractivity contribution in [2.45, 2.75) is 101 Å². The van der Waals surface area contributed by atoms with Crippen LogP contribution in [0.3, 0.4) is 0 Å². The second-order valence-corrected chi connectivity index (χ2v) is 13.5. The van der Waals surface area contributed by atoms with Crippen molar-refractivity contribution in [3.63, 3.8) is 0 Å². The van der Waals surface area contributed by atoms with E-state index in [-0.39, 0.29) is 49.3 Å². The fraction of sp³-hybridized carbons (Fsp3) is 0.611. The van der Waals surface area contributed by atoms with Gasteiger partial charge in [-0.2, -0.15) is 0 Å². The maximum atomic E-state index is 14.8. The van der Waals surface area contributed by atoms with E-state index in [1.54, 1.807) is 11.0 Å². The van der Waals surface area contributed by atoms with Gasteiger partial charge in [0.2, 0.25) is 17.7 Å². The van der Waals surface area contributed by atoms with Gasteiger partial charge < -0.3 is 29.7 Å². The third-order valence-electron chi connectivity index (χ3n) is 10.9. The van der Waals surface area contributed by atoms with E-state index in [1.165, 1.54) is 0 Å². The number of cyclic esters (lactones) is 1. The van der Waals surface area contributed by atoms with Gasteiger partial charge in [-0.05, 0) is 30.7 Å². The minimum Gasteiger partial charge on any atom is -0.455 e. The van der Waals surface area contributed by atoms with Crippen LogP contribution in [0.15, 0.2) is 54.6 Å². The van der Waals surface area contributed by atoms with Crippen LogP contribution < -0.4 is 5.32 Å². The number of ether oxygens (including phenoxy) is 2. The highest BCUT2D eigenvalue weighted by Crippen LogP contribution is 2.54. The number of hydrogen-bond donors (Lipinski definition) is 2. The van der Waals surface area contributed by atoms with Crippen LogP contribution >= 0.6 is 0 Å². The molecular weight excluding hydrogens is 586 g/mol. The van der Waals surface area contributed by atoms with E-state index in [0.717, 1.165) is 37.7 Å². The van der Waals surface area contributed by atoms with Crippen LogP contribution in [0.1, 0.15) is 76.9 Å². The number of esters is 1. The van der Waals surface area contributed by atoms with Gasteiger partial charge in [-0.3, -0.25) is 19.2 Å². The number of hydrogen-bond acceptors (Lipinski definition) is 7. The van der Waals surface area contributed by atoms with Crippen molar-refractivity contribution < 1.29 is 33.8 Å². The minimum atomic E-state index is -1.42. The van der Waals surface area contributed by atoms with Crippen molar-refractivity contribution in [1.82, 2.24) is 15.1 Å². The fourth-order valence-corrected chi connectivity index (χ4v) is 8.26. The number of likely N-dealkylation sites (tertiary alicyclic amines) is 1. The molecule has 1 aromatic carbocycles. The predicted octanol–water partition coefficient (Wildman–Crippen LogP) is 3.46. The molecule has 0 aromatic heterocycles. The molecule has 5 aliphatic rings. The van der Waals surface area contributed by atoms with E-state index >= 15 is 0 Å². The molecule has 1 aromatic rings. The maximum Gasteiger partial charge on any atom is 0.313 e. The molecule has 2 N–H and O–H groups in total. The topological polar surface area (TPSA) is 125 Å². The van der Waals surface area contributed by atoms with Gasteiger partial charge in [-0.15, -0.1) is 0 Å². The number of aliphatic hydroxyl groups is 1. The van der Waals surface area contributed by atoms with Gasteiger partial charge in [0.25, 0.3) is 0 Å². The van der Waals surface area contributed by atoms with E-state index in [0.29, 0.717) is 19.4 Å². The molecule has 10 heteroatoms. The van der Waals surface area contributed by atoms with Crippen LogP contribution in [0.25, 0.3) is 0 Å². The van der Waals surface area contributed by atoms with E-state index in [1.807, 2.05) is 67.3 Å². The second kappa shape index (κ2) is 13.7. The number of amides is 3. The van der Waals surface area contributed by atoms with E-state index in [2.05, 4.69) is 5.32 Å². The first-order chi connectivity index (χ1) is 22.3. The average Bonchev–Trinajstić information content (AvgIpc) is 3.46. The van der Waals surface area contributed by atoms with Crippen molar-refractivity contribution in [2.24, 2.45) is 17.8 Å². The van der Waals surface area contributed by atoms with Crippen molar-refractivity contribution in [3.05, 3.63) is 60.2 Å². The zero-order chi connectivity index (χ0) is 32.4. The van der Waals surface area contributed by atoms with Gasteiger partial charge in [0.05, 0.1) is 31.2 Å². The van der Waals surface area contributed by atoms with Gasteiger partial charge in [0, 0.05) is 19.0 Å². The van der Waals surface area contributed by atoms with Crippen LogP contribution in [0.5, 0.6) is 0 Å². The Bertz CT molecular complexity index is 1360. The van der Waals surface area contributed by atoms with Gasteiger partial charge >= 0.3 is 5.97 Å². The number of carbonyl (C=O) groups excluding carboxylic acids is 4. The lowest BCUT2D eigenvalue weighted by molar-refractivity contribution is -0.161. The Morgan fingerprint density at radius 2 is 1.80 bits per heavy atom. The molecule has 4 heterocycles. The lowest BCUT2D eigenvalue weighted by Crippen LogP contribution is -2.60. The van der Waals surface area contributed by atoms with E-state index < -0.39 is 47.7 Å². The van der Waals surface area contributed by atoms with E-state index in [4.69, 9.17) is 9.47 Å². The highest BCUT2D eigenvalue weighted by molar-refractivity contribution is 5.99. The van der Waals surface area contributed by atoms with Crippen LogP contribution in [-0.2, 0) is 28.7 Å². The summed E-state index contributed by atoms with van der Waals surface area (Å²) in [5.74, 6) is -3.51. The quantitative estimate of drug-likeness (QED) is 0.363. The number of carbonyl (C=O) groups is 4. The van der Waals surface area contributed by atoms with Crippen molar-refractivity contribution >= 4 is 23.7 Å². The first kappa shape index (κ1) is 32.4. The maximum absolute atomic E-state index is 14.8. The highest BCUT2D eigenvalue weighted by atomic mass is 16.6. The number of nitrogens with one attached hydrogen (secondary N) is 1. The third-order valence-corrected chi connectivity index (χ3v) is 10.9. The number of rotatable bonds is 6. The Hall–Kier alpha value is -3.50. The summed E-state index contributed by atoms with van der Waals surface area (Å²) in [6.45, 7) is 4.14. The molecular formula is C36H47N3O7. The molecule has 3 fully saturated rings. The molecule has 1 spiro atoms. The summed E-state index contributed by atoms with van der Waals surface area (Å²) in [7, 11) is 0. The third kappa shape index (κ3) is 5.79. The smallest absolute Gasteiger partial charge is 0.313 e. The zero-order valence-electron chi connectivity index (χ0n) is 26.9. The molecule has 3 amide bonds.